The molecular formula is C22H20ClF2N5O2. The van der Waals surface area contributed by atoms with E-state index < -0.39 is 23.3 Å². The molecule has 1 atom stereocenters. The van der Waals surface area contributed by atoms with Crippen molar-refractivity contribution in [3.63, 3.8) is 0 Å². The fourth-order valence-electron chi connectivity index (χ4n) is 2.95. The second-order valence-electron chi connectivity index (χ2n) is 7.83. The number of aromatic nitrogens is 4. The average molecular weight is 460 g/mol. The highest BCUT2D eigenvalue weighted by Crippen LogP contribution is 2.36. The molecule has 10 heteroatoms. The summed E-state index contributed by atoms with van der Waals surface area (Å²) in [5.41, 5.74) is 0.366. The van der Waals surface area contributed by atoms with Crippen molar-refractivity contribution in [1.82, 2.24) is 20.2 Å². The highest BCUT2D eigenvalue weighted by Gasteiger charge is 2.26. The van der Waals surface area contributed by atoms with Crippen molar-refractivity contribution in [2.75, 3.05) is 5.32 Å². The molecule has 2 aromatic carbocycles. The number of hydrogen-bond acceptors (Lipinski definition) is 6. The van der Waals surface area contributed by atoms with Crippen molar-refractivity contribution in [3.05, 3.63) is 59.1 Å². The van der Waals surface area contributed by atoms with Crippen LogP contribution in [-0.4, -0.2) is 36.9 Å². The monoisotopic (exact) mass is 459 g/mol. The molecule has 166 valence electrons. The largest absolute Gasteiger partial charge is 0.421 e. The van der Waals surface area contributed by atoms with Crippen molar-refractivity contribution < 1.29 is 18.6 Å². The van der Waals surface area contributed by atoms with Gasteiger partial charge in [-0.3, -0.25) is 5.10 Å². The normalized spacial score (nSPS) is 12.7. The summed E-state index contributed by atoms with van der Waals surface area (Å²) in [6, 6.07) is 9.45. The first-order valence-electron chi connectivity index (χ1n) is 9.76. The van der Waals surface area contributed by atoms with Crippen molar-refractivity contribution in [3.8, 4) is 23.0 Å². The molecule has 2 aromatic heterocycles. The van der Waals surface area contributed by atoms with E-state index in [9.17, 15) is 13.9 Å². The van der Waals surface area contributed by atoms with Gasteiger partial charge in [0.2, 0.25) is 0 Å². The number of ether oxygens (including phenoxy) is 1. The van der Waals surface area contributed by atoms with Crippen LogP contribution in [0.5, 0.6) is 11.8 Å². The Hall–Kier alpha value is -3.30. The molecule has 3 N–H and O–H groups in total. The molecule has 7 nitrogen and oxygen atoms in total. The molecule has 4 aromatic rings. The maximum Gasteiger partial charge on any atom is 0.326 e. The predicted octanol–water partition coefficient (Wildman–Crippen LogP) is 5.32. The van der Waals surface area contributed by atoms with Crippen LogP contribution in [0.3, 0.4) is 0 Å². The lowest BCUT2D eigenvalue weighted by molar-refractivity contribution is 0.0648. The topological polar surface area (TPSA) is 96.0 Å². The van der Waals surface area contributed by atoms with Crippen LogP contribution in [0.4, 0.5) is 14.6 Å². The van der Waals surface area contributed by atoms with Crippen LogP contribution in [0, 0.1) is 11.6 Å². The summed E-state index contributed by atoms with van der Waals surface area (Å²) in [5.74, 6) is -1.57. The highest BCUT2D eigenvalue weighted by atomic mass is 35.5. The van der Waals surface area contributed by atoms with E-state index in [4.69, 9.17) is 16.3 Å². The minimum atomic E-state index is -1.09. The number of fused-ring (bicyclic) bond motifs is 1. The van der Waals surface area contributed by atoms with Crippen LogP contribution in [-0.2, 0) is 0 Å². The molecular weight excluding hydrogens is 440 g/mol. The second-order valence-corrected chi connectivity index (χ2v) is 8.23. The Labute approximate surface area is 187 Å². The zero-order valence-corrected chi connectivity index (χ0v) is 18.2. The van der Waals surface area contributed by atoms with Gasteiger partial charge in [-0.1, -0.05) is 29.8 Å². The maximum absolute atomic E-state index is 14.1. The Bertz CT molecular complexity index is 1290. The first-order chi connectivity index (χ1) is 15.1. The van der Waals surface area contributed by atoms with E-state index in [0.717, 1.165) is 12.1 Å². The smallest absolute Gasteiger partial charge is 0.326 e. The predicted molar refractivity (Wildman–Crippen MR) is 118 cm³/mol. The van der Waals surface area contributed by atoms with Crippen LogP contribution < -0.4 is 10.1 Å². The van der Waals surface area contributed by atoms with Gasteiger partial charge in [0.1, 0.15) is 17.3 Å². The van der Waals surface area contributed by atoms with E-state index >= 15 is 0 Å². The van der Waals surface area contributed by atoms with Gasteiger partial charge in [0, 0.05) is 11.6 Å². The van der Waals surface area contributed by atoms with Crippen LogP contribution in [0.15, 0.2) is 42.5 Å². The summed E-state index contributed by atoms with van der Waals surface area (Å²) in [7, 11) is 0. The van der Waals surface area contributed by atoms with Gasteiger partial charge in [0.15, 0.2) is 17.2 Å². The van der Waals surface area contributed by atoms with Gasteiger partial charge in [-0.05, 0) is 39.0 Å². The van der Waals surface area contributed by atoms with E-state index in [1.165, 1.54) is 0 Å². The molecule has 32 heavy (non-hydrogen) atoms. The maximum atomic E-state index is 14.1. The first-order valence-corrected chi connectivity index (χ1v) is 10.1. The molecule has 0 fully saturated rings. The lowest BCUT2D eigenvalue weighted by Crippen LogP contribution is -2.39. The van der Waals surface area contributed by atoms with Gasteiger partial charge in [0.25, 0.3) is 0 Å². The molecule has 0 radical (unpaired) electrons. The lowest BCUT2D eigenvalue weighted by atomic mass is 10.0. The Balaban J connectivity index is 1.85. The van der Waals surface area contributed by atoms with Crippen molar-refractivity contribution in [1.29, 1.82) is 0 Å². The quantitative estimate of drug-likeness (QED) is 0.361. The summed E-state index contributed by atoms with van der Waals surface area (Å²) in [4.78, 5) is 8.66. The van der Waals surface area contributed by atoms with Crippen LogP contribution in [0.2, 0.25) is 5.02 Å². The molecule has 4 rings (SSSR count). The zero-order chi connectivity index (χ0) is 23.0. The third-order valence-corrected chi connectivity index (χ3v) is 5.37. The van der Waals surface area contributed by atoms with E-state index in [1.807, 2.05) is 6.07 Å². The fourth-order valence-corrected chi connectivity index (χ4v) is 3.17. The number of benzene rings is 2. The molecule has 0 amide bonds. The van der Waals surface area contributed by atoms with Gasteiger partial charge < -0.3 is 15.2 Å². The molecule has 0 bridgehead atoms. The molecule has 0 saturated carbocycles. The number of aliphatic hydroxyl groups is 1. The Kier molecular flexibility index (Phi) is 5.70. The van der Waals surface area contributed by atoms with Crippen molar-refractivity contribution >= 4 is 28.5 Å². The number of anilines is 1. The number of hydrogen-bond donors (Lipinski definition) is 3. The minimum absolute atomic E-state index is 0.192. The number of nitrogens with zero attached hydrogens (tertiary/aromatic N) is 3. The Morgan fingerprint density at radius 1 is 1.16 bits per heavy atom. The van der Waals surface area contributed by atoms with Gasteiger partial charge >= 0.3 is 6.01 Å². The molecule has 0 aliphatic rings. The molecule has 0 saturated heterocycles. The third-order valence-electron chi connectivity index (χ3n) is 5.04. The van der Waals surface area contributed by atoms with E-state index in [2.05, 4.69) is 25.5 Å². The summed E-state index contributed by atoms with van der Waals surface area (Å²) < 4.78 is 32.8. The SMILES string of the molecule is C[C@H](Nc1nc(Oc2ccc(F)cc2F)nc2[nH]nc(-c3ccccc3Cl)c12)C(C)(C)O. The first kappa shape index (κ1) is 21.9. The average Bonchev–Trinajstić information content (AvgIpc) is 3.14. The molecule has 0 unspecified atom stereocenters. The number of nitrogens with one attached hydrogen (secondary N) is 2. The highest BCUT2D eigenvalue weighted by molar-refractivity contribution is 6.33. The molecule has 2 heterocycles. The van der Waals surface area contributed by atoms with E-state index in [0.29, 0.717) is 39.2 Å². The Morgan fingerprint density at radius 2 is 1.91 bits per heavy atom. The summed E-state index contributed by atoms with van der Waals surface area (Å²) in [5, 5.41) is 21.7. The van der Waals surface area contributed by atoms with E-state index in [-0.39, 0.29) is 11.8 Å². The second kappa shape index (κ2) is 8.33. The van der Waals surface area contributed by atoms with Crippen molar-refractivity contribution in [2.24, 2.45) is 0 Å². The summed E-state index contributed by atoms with van der Waals surface area (Å²) >= 11 is 6.36. The van der Waals surface area contributed by atoms with Crippen LogP contribution >= 0.6 is 11.6 Å². The number of aromatic amines is 1. The van der Waals surface area contributed by atoms with Gasteiger partial charge in [-0.2, -0.15) is 15.1 Å². The van der Waals surface area contributed by atoms with Gasteiger partial charge in [0.05, 0.1) is 22.1 Å². The molecule has 0 spiro atoms. The zero-order valence-electron chi connectivity index (χ0n) is 17.4. The van der Waals surface area contributed by atoms with Crippen LogP contribution in [0.25, 0.3) is 22.3 Å². The molecule has 0 aliphatic carbocycles. The van der Waals surface area contributed by atoms with Gasteiger partial charge in [-0.25, -0.2) is 8.78 Å². The minimum Gasteiger partial charge on any atom is -0.421 e. The van der Waals surface area contributed by atoms with Gasteiger partial charge in [-0.15, -0.1) is 0 Å². The molecule has 0 aliphatic heterocycles. The number of H-pyrrole nitrogens is 1. The summed E-state index contributed by atoms with van der Waals surface area (Å²) in [6.45, 7) is 5.08. The fraction of sp³-hybridized carbons (Fsp3) is 0.227. The Morgan fingerprint density at radius 3 is 2.59 bits per heavy atom. The number of rotatable bonds is 6. The van der Waals surface area contributed by atoms with Crippen molar-refractivity contribution in [2.45, 2.75) is 32.4 Å². The van der Waals surface area contributed by atoms with Crippen LogP contribution in [0.1, 0.15) is 20.8 Å². The summed E-state index contributed by atoms with van der Waals surface area (Å²) in [6.07, 6.45) is 0. The standard InChI is InChI=1S/C22H20ClF2N5O2/c1-11(22(2,3)31)26-19-17-18(13-6-4-5-7-14(13)23)29-30-20(17)28-21(27-19)32-16-9-8-12(24)10-15(16)25/h4-11,31H,1-3H3,(H2,26,27,28,29,30)/t11-/m0/s1. The third kappa shape index (κ3) is 4.35. The van der Waals surface area contributed by atoms with E-state index in [1.54, 1.807) is 39.0 Å². The number of halogens is 3. The lowest BCUT2D eigenvalue weighted by Gasteiger charge is -2.27.